The van der Waals surface area contributed by atoms with E-state index in [4.69, 9.17) is 23.7 Å². The molecule has 0 aromatic heterocycles. The molecule has 0 fully saturated rings. The number of benzene rings is 1. The fourth-order valence-corrected chi connectivity index (χ4v) is 2.59. The van der Waals surface area contributed by atoms with E-state index in [9.17, 15) is 0 Å². The Labute approximate surface area is 129 Å². The van der Waals surface area contributed by atoms with Gasteiger partial charge in [-0.05, 0) is 32.0 Å². The van der Waals surface area contributed by atoms with Crippen molar-refractivity contribution in [2.75, 3.05) is 39.0 Å². The molecule has 1 aromatic rings. The Kier molecular flexibility index (Phi) is 7.15. The van der Waals surface area contributed by atoms with Crippen LogP contribution in [0.5, 0.6) is 11.5 Å². The second kappa shape index (κ2) is 9.15. The van der Waals surface area contributed by atoms with E-state index in [0.717, 1.165) is 23.0 Å². The van der Waals surface area contributed by atoms with Crippen LogP contribution in [-0.4, -0.2) is 45.3 Å². The minimum atomic E-state index is -0.314. The maximum absolute atomic E-state index is 5.71. The average Bonchev–Trinajstić information content (AvgIpc) is 2.94. The van der Waals surface area contributed by atoms with Gasteiger partial charge in [-0.15, -0.1) is 0 Å². The fraction of sp³-hybridized carbons (Fsp3) is 0.600. The molecule has 0 bridgehead atoms. The zero-order valence-electron chi connectivity index (χ0n) is 12.5. The topological polar surface area (TPSA) is 46.2 Å². The normalized spacial score (nSPS) is 14.6. The first-order valence-electron chi connectivity index (χ1n) is 7.13. The highest BCUT2D eigenvalue weighted by Gasteiger charge is 2.14. The van der Waals surface area contributed by atoms with Gasteiger partial charge >= 0.3 is 0 Å². The molecule has 6 heteroatoms. The quantitative estimate of drug-likeness (QED) is 0.489. The maximum Gasteiger partial charge on any atom is 0.197 e. The molecule has 5 nitrogen and oxygen atoms in total. The minimum absolute atomic E-state index is 0.314. The van der Waals surface area contributed by atoms with Crippen LogP contribution >= 0.6 is 11.8 Å². The van der Waals surface area contributed by atoms with Crippen LogP contribution in [0.15, 0.2) is 23.1 Å². The summed E-state index contributed by atoms with van der Waals surface area (Å²) in [5.74, 6) is 2.38. The van der Waals surface area contributed by atoms with Gasteiger partial charge in [0.05, 0.1) is 31.3 Å². The van der Waals surface area contributed by atoms with Gasteiger partial charge in [-0.3, -0.25) is 0 Å². The average molecular weight is 314 g/mol. The summed E-state index contributed by atoms with van der Waals surface area (Å²) in [6.07, 6.45) is -0.314. The zero-order valence-corrected chi connectivity index (χ0v) is 13.3. The lowest BCUT2D eigenvalue weighted by molar-refractivity contribution is -0.0859. The van der Waals surface area contributed by atoms with Crippen LogP contribution in [0.4, 0.5) is 0 Å². The van der Waals surface area contributed by atoms with E-state index < -0.39 is 0 Å². The van der Waals surface area contributed by atoms with Crippen molar-refractivity contribution in [2.45, 2.75) is 25.0 Å². The molecular formula is C15H22O5S. The highest BCUT2D eigenvalue weighted by atomic mass is 32.2. The van der Waals surface area contributed by atoms with Crippen molar-refractivity contribution >= 4 is 11.8 Å². The Morgan fingerprint density at radius 2 is 2.00 bits per heavy atom. The summed E-state index contributed by atoms with van der Waals surface area (Å²) in [6, 6.07) is 5.79. The Bertz CT molecular complexity index is 427. The third-order valence-corrected chi connectivity index (χ3v) is 3.67. The lowest BCUT2D eigenvalue weighted by Gasteiger charge is -2.16. The van der Waals surface area contributed by atoms with Gasteiger partial charge < -0.3 is 23.7 Å². The summed E-state index contributed by atoms with van der Waals surface area (Å²) in [6.45, 7) is 6.80. The lowest BCUT2D eigenvalue weighted by atomic mass is 10.3. The Hall–Kier alpha value is -0.950. The third kappa shape index (κ3) is 5.74. The first kappa shape index (κ1) is 16.4. The second-order valence-corrected chi connectivity index (χ2v) is 5.34. The van der Waals surface area contributed by atoms with Crippen LogP contribution < -0.4 is 9.47 Å². The highest BCUT2D eigenvalue weighted by molar-refractivity contribution is 7.99. The van der Waals surface area contributed by atoms with Gasteiger partial charge in [0, 0.05) is 6.61 Å². The molecule has 0 saturated heterocycles. The minimum Gasteiger partial charge on any atom is -0.481 e. The van der Waals surface area contributed by atoms with Crippen molar-refractivity contribution < 1.29 is 23.7 Å². The monoisotopic (exact) mass is 314 g/mol. The van der Waals surface area contributed by atoms with Gasteiger partial charge in [-0.25, -0.2) is 0 Å². The molecule has 1 aromatic carbocycles. The van der Waals surface area contributed by atoms with Crippen molar-refractivity contribution in [3.8, 4) is 11.5 Å². The molecule has 21 heavy (non-hydrogen) atoms. The fourth-order valence-electron chi connectivity index (χ4n) is 1.81. The van der Waals surface area contributed by atoms with Crippen molar-refractivity contribution in [2.24, 2.45) is 0 Å². The Morgan fingerprint density at radius 1 is 1.19 bits per heavy atom. The number of hydrogen-bond donors (Lipinski definition) is 0. The summed E-state index contributed by atoms with van der Waals surface area (Å²) in [5, 5.41) is 0. The smallest absolute Gasteiger partial charge is 0.197 e. The van der Waals surface area contributed by atoms with Crippen LogP contribution in [0.25, 0.3) is 0 Å². The summed E-state index contributed by atoms with van der Waals surface area (Å²) in [7, 11) is 0. The lowest BCUT2D eigenvalue weighted by Crippen LogP contribution is -2.19. The standard InChI is InChI=1S/C15H22O5S/c1-3-16-6-7-17-8-9-18-12(2)20-13-4-5-14-15(10-13)21-11-19-14/h4-5,10,12H,3,6-9,11H2,1-2H3. The molecule has 1 aliphatic heterocycles. The molecular weight excluding hydrogens is 292 g/mol. The van der Waals surface area contributed by atoms with Gasteiger partial charge in [0.25, 0.3) is 0 Å². The van der Waals surface area contributed by atoms with E-state index in [1.165, 1.54) is 0 Å². The molecule has 0 saturated carbocycles. The molecule has 1 atom stereocenters. The van der Waals surface area contributed by atoms with Crippen molar-refractivity contribution in [3.05, 3.63) is 18.2 Å². The summed E-state index contributed by atoms with van der Waals surface area (Å²) in [5.41, 5.74) is 0. The molecule has 0 spiro atoms. The first-order valence-corrected chi connectivity index (χ1v) is 8.11. The molecule has 1 aliphatic rings. The third-order valence-electron chi connectivity index (χ3n) is 2.80. The van der Waals surface area contributed by atoms with Crippen LogP contribution in [0, 0.1) is 0 Å². The number of rotatable bonds is 10. The number of hydrogen-bond acceptors (Lipinski definition) is 6. The van der Waals surface area contributed by atoms with E-state index in [2.05, 4.69) is 0 Å². The predicted molar refractivity (Wildman–Crippen MR) is 81.1 cm³/mol. The molecule has 0 amide bonds. The van der Waals surface area contributed by atoms with Crippen LogP contribution in [0.2, 0.25) is 0 Å². The Morgan fingerprint density at radius 3 is 2.86 bits per heavy atom. The number of ether oxygens (including phenoxy) is 5. The van der Waals surface area contributed by atoms with Crippen molar-refractivity contribution in [1.82, 2.24) is 0 Å². The van der Waals surface area contributed by atoms with Gasteiger partial charge in [0.15, 0.2) is 6.29 Å². The summed E-state index contributed by atoms with van der Waals surface area (Å²) >= 11 is 1.67. The second-order valence-electron chi connectivity index (χ2n) is 4.38. The number of fused-ring (bicyclic) bond motifs is 1. The van der Waals surface area contributed by atoms with Gasteiger partial charge in [0.2, 0.25) is 0 Å². The van der Waals surface area contributed by atoms with Crippen molar-refractivity contribution in [1.29, 1.82) is 0 Å². The first-order chi connectivity index (χ1) is 10.3. The van der Waals surface area contributed by atoms with Gasteiger partial charge in [-0.1, -0.05) is 11.8 Å². The van der Waals surface area contributed by atoms with Crippen LogP contribution in [0.1, 0.15) is 13.8 Å². The number of thioether (sulfide) groups is 1. The molecule has 1 unspecified atom stereocenters. The Balaban J connectivity index is 1.60. The summed E-state index contributed by atoms with van der Waals surface area (Å²) < 4.78 is 27.2. The molecule has 0 radical (unpaired) electrons. The maximum atomic E-state index is 5.71. The molecule has 0 N–H and O–H groups in total. The zero-order chi connectivity index (χ0) is 14.9. The summed E-state index contributed by atoms with van der Waals surface area (Å²) in [4.78, 5) is 1.11. The van der Waals surface area contributed by atoms with E-state index >= 15 is 0 Å². The molecule has 1 heterocycles. The van der Waals surface area contributed by atoms with Crippen molar-refractivity contribution in [3.63, 3.8) is 0 Å². The van der Waals surface area contributed by atoms with Crippen LogP contribution in [-0.2, 0) is 14.2 Å². The molecule has 2 rings (SSSR count). The molecule has 118 valence electrons. The van der Waals surface area contributed by atoms with E-state index in [0.29, 0.717) is 32.4 Å². The van der Waals surface area contributed by atoms with E-state index in [1.807, 2.05) is 32.0 Å². The highest BCUT2D eigenvalue weighted by Crippen LogP contribution is 2.38. The van der Waals surface area contributed by atoms with Crippen LogP contribution in [0.3, 0.4) is 0 Å². The van der Waals surface area contributed by atoms with E-state index in [1.54, 1.807) is 11.8 Å². The SMILES string of the molecule is CCOCCOCCOC(C)Oc1ccc2c(c1)SCO2. The molecule has 0 aliphatic carbocycles. The van der Waals surface area contributed by atoms with E-state index in [-0.39, 0.29) is 6.29 Å². The largest absolute Gasteiger partial charge is 0.481 e. The van der Waals surface area contributed by atoms with Gasteiger partial charge in [0.1, 0.15) is 17.4 Å². The van der Waals surface area contributed by atoms with Gasteiger partial charge in [-0.2, -0.15) is 0 Å². The predicted octanol–water partition coefficient (Wildman–Crippen LogP) is 2.92.